The van der Waals surface area contributed by atoms with E-state index in [0.29, 0.717) is 18.6 Å². The van der Waals surface area contributed by atoms with Gasteiger partial charge in [-0.3, -0.25) is 4.79 Å². The number of carbonyl (C=O) groups is 3. The third-order valence-corrected chi connectivity index (χ3v) is 8.53. The van der Waals surface area contributed by atoms with Gasteiger partial charge in [0.25, 0.3) is 5.91 Å². The van der Waals surface area contributed by atoms with Gasteiger partial charge in [-0.2, -0.15) is 0 Å². The molecule has 0 spiro atoms. The van der Waals surface area contributed by atoms with Crippen molar-refractivity contribution < 1.29 is 42.5 Å². The molecule has 3 rings (SSSR count). The van der Waals surface area contributed by atoms with E-state index in [1.807, 2.05) is 6.92 Å². The third kappa shape index (κ3) is 10.5. The van der Waals surface area contributed by atoms with Crippen molar-refractivity contribution in [1.82, 2.24) is 0 Å². The van der Waals surface area contributed by atoms with Gasteiger partial charge in [0.05, 0.1) is 22.9 Å². The van der Waals surface area contributed by atoms with Gasteiger partial charge in [0.15, 0.2) is 23.1 Å². The van der Waals surface area contributed by atoms with Crippen molar-refractivity contribution in [2.45, 2.75) is 50.3 Å². The number of anilines is 1. The number of hydrogen-bond acceptors (Lipinski definition) is 8. The van der Waals surface area contributed by atoms with E-state index in [9.17, 15) is 27.9 Å². The zero-order valence-corrected chi connectivity index (χ0v) is 25.1. The highest BCUT2D eigenvalue weighted by molar-refractivity contribution is 7.91. The minimum Gasteiger partial charge on any atom is -0.484 e. The molecule has 0 radical (unpaired) electrons. The Morgan fingerprint density at radius 1 is 0.907 bits per heavy atom. The number of aliphatic carboxylic acids is 1. The van der Waals surface area contributed by atoms with Crippen molar-refractivity contribution in [2.75, 3.05) is 30.9 Å². The summed E-state index contributed by atoms with van der Waals surface area (Å²) in [7, 11) is -3.46. The summed E-state index contributed by atoms with van der Waals surface area (Å²) >= 11 is 0. The summed E-state index contributed by atoms with van der Waals surface area (Å²) in [5.74, 6) is -1.57. The van der Waals surface area contributed by atoms with Crippen LogP contribution in [-0.4, -0.2) is 61.9 Å². The average molecular weight is 612 g/mol. The lowest BCUT2D eigenvalue weighted by Crippen LogP contribution is -2.21. The first kappa shape index (κ1) is 33.3. The minimum atomic E-state index is -3.46. The quantitative estimate of drug-likeness (QED) is 0.204. The fraction of sp³-hybridized carbons (Fsp3) is 0.344. The number of aryl methyl sites for hydroxylation is 2. The number of carboxylic acids is 1. The van der Waals surface area contributed by atoms with E-state index < -0.39 is 28.3 Å². The second kappa shape index (κ2) is 15.9. The summed E-state index contributed by atoms with van der Waals surface area (Å²) in [4.78, 5) is 35.5. The van der Waals surface area contributed by atoms with Crippen molar-refractivity contribution in [3.8, 4) is 11.5 Å². The predicted molar refractivity (Wildman–Crippen MR) is 161 cm³/mol. The lowest BCUT2D eigenvalue weighted by Gasteiger charge is -2.15. The molecule has 0 fully saturated rings. The maximum absolute atomic E-state index is 12.8. The number of carboxylic acid groups (broad SMARTS) is 1. The fourth-order valence-electron chi connectivity index (χ4n) is 4.42. The van der Waals surface area contributed by atoms with Gasteiger partial charge in [0.2, 0.25) is 0 Å². The Balaban J connectivity index is 1.63. The first-order chi connectivity index (χ1) is 20.5. The van der Waals surface area contributed by atoms with E-state index in [1.165, 1.54) is 13.0 Å². The number of ketones is 1. The lowest BCUT2D eigenvalue weighted by atomic mass is 9.95. The van der Waals surface area contributed by atoms with Gasteiger partial charge < -0.3 is 29.8 Å². The summed E-state index contributed by atoms with van der Waals surface area (Å²) in [5.41, 5.74) is 2.79. The maximum atomic E-state index is 12.8. The van der Waals surface area contributed by atoms with Gasteiger partial charge in [-0.25, -0.2) is 13.2 Å². The molecule has 43 heavy (non-hydrogen) atoms. The molecule has 10 nitrogen and oxygen atoms in total. The number of aliphatic hydroxyl groups is 1. The number of nitrogens with one attached hydrogen (secondary N) is 1. The van der Waals surface area contributed by atoms with Crippen molar-refractivity contribution >= 4 is 33.2 Å². The zero-order valence-electron chi connectivity index (χ0n) is 24.2. The van der Waals surface area contributed by atoms with Crippen LogP contribution >= 0.6 is 0 Å². The highest BCUT2D eigenvalue weighted by atomic mass is 32.2. The Bertz CT molecular complexity index is 1500. The van der Waals surface area contributed by atoms with Gasteiger partial charge in [0.1, 0.15) is 17.3 Å². The van der Waals surface area contributed by atoms with Crippen LogP contribution in [-0.2, 0) is 37.1 Å². The van der Waals surface area contributed by atoms with Crippen LogP contribution in [0.3, 0.4) is 0 Å². The second-order valence-electron chi connectivity index (χ2n) is 10.1. The molecule has 1 amide bonds. The van der Waals surface area contributed by atoms with E-state index in [1.54, 1.807) is 60.7 Å². The highest BCUT2D eigenvalue weighted by Gasteiger charge is 2.16. The van der Waals surface area contributed by atoms with E-state index in [-0.39, 0.29) is 53.4 Å². The van der Waals surface area contributed by atoms with Crippen LogP contribution in [0.4, 0.5) is 5.69 Å². The number of Topliss-reactive ketones (excluding diaryl/α,β-unsaturated/α-hetero) is 1. The Morgan fingerprint density at radius 2 is 1.58 bits per heavy atom. The number of sulfone groups is 1. The minimum absolute atomic E-state index is 0.0329. The zero-order chi connectivity index (χ0) is 31.4. The summed E-state index contributed by atoms with van der Waals surface area (Å²) in [5, 5.41) is 21.3. The van der Waals surface area contributed by atoms with E-state index in [2.05, 4.69) is 5.32 Å². The van der Waals surface area contributed by atoms with Crippen molar-refractivity contribution in [3.05, 3.63) is 83.4 Å². The van der Waals surface area contributed by atoms with Crippen LogP contribution in [0.15, 0.2) is 71.6 Å². The Labute approximate surface area is 251 Å². The number of benzene rings is 3. The molecule has 1 unspecified atom stereocenters. The number of hydrogen-bond donors (Lipinski definition) is 3. The maximum Gasteiger partial charge on any atom is 0.341 e. The molecule has 11 heteroatoms. The number of amides is 1. The Kier molecular flexibility index (Phi) is 12.3. The van der Waals surface area contributed by atoms with Gasteiger partial charge in [-0.05, 0) is 79.3 Å². The third-order valence-electron chi connectivity index (χ3n) is 6.71. The Hall–Kier alpha value is -4.22. The van der Waals surface area contributed by atoms with Crippen LogP contribution in [0.2, 0.25) is 0 Å². The van der Waals surface area contributed by atoms with E-state index in [0.717, 1.165) is 23.1 Å². The Morgan fingerprint density at radius 3 is 2.19 bits per heavy atom. The molecule has 3 N–H and O–H groups in total. The second-order valence-corrected chi connectivity index (χ2v) is 12.2. The van der Waals surface area contributed by atoms with Gasteiger partial charge in [0, 0.05) is 12.3 Å². The van der Waals surface area contributed by atoms with E-state index in [4.69, 9.17) is 14.6 Å². The molecule has 0 saturated carbocycles. The summed E-state index contributed by atoms with van der Waals surface area (Å²) in [6.07, 6.45) is 1.77. The molecule has 0 bridgehead atoms. The summed E-state index contributed by atoms with van der Waals surface area (Å²) in [6, 6.07) is 18.4. The van der Waals surface area contributed by atoms with Gasteiger partial charge in [-0.1, -0.05) is 37.3 Å². The normalized spacial score (nSPS) is 11.9. The van der Waals surface area contributed by atoms with Gasteiger partial charge >= 0.3 is 5.97 Å². The molecule has 1 atom stereocenters. The SMILES string of the molecule is CCc1ccc(S(=O)(=O)CCCc2ccc(OCC(=O)O)c(NC(=O)COc3ccc(C(CO)CC(C)=O)cc3)c2)cc1. The smallest absolute Gasteiger partial charge is 0.341 e. The molecule has 0 aromatic heterocycles. The number of rotatable bonds is 17. The van der Waals surface area contributed by atoms with Crippen molar-refractivity contribution in [1.29, 1.82) is 0 Å². The van der Waals surface area contributed by atoms with Crippen molar-refractivity contribution in [3.63, 3.8) is 0 Å². The molecule has 0 heterocycles. The van der Waals surface area contributed by atoms with Crippen LogP contribution in [0.5, 0.6) is 11.5 Å². The monoisotopic (exact) mass is 611 g/mol. The first-order valence-corrected chi connectivity index (χ1v) is 15.6. The molecular weight excluding hydrogens is 574 g/mol. The molecule has 0 aliphatic carbocycles. The molecule has 3 aromatic rings. The number of aliphatic hydroxyl groups excluding tert-OH is 1. The molecule has 0 aliphatic rings. The fourth-order valence-corrected chi connectivity index (χ4v) is 5.73. The van der Waals surface area contributed by atoms with Crippen LogP contribution < -0.4 is 14.8 Å². The van der Waals surface area contributed by atoms with Crippen molar-refractivity contribution in [2.24, 2.45) is 0 Å². The summed E-state index contributed by atoms with van der Waals surface area (Å²) < 4.78 is 36.4. The first-order valence-electron chi connectivity index (χ1n) is 13.9. The molecule has 3 aromatic carbocycles. The van der Waals surface area contributed by atoms with Crippen LogP contribution in [0.1, 0.15) is 49.3 Å². The molecule has 230 valence electrons. The highest BCUT2D eigenvalue weighted by Crippen LogP contribution is 2.27. The van der Waals surface area contributed by atoms with Crippen LogP contribution in [0.25, 0.3) is 0 Å². The largest absolute Gasteiger partial charge is 0.484 e. The number of carbonyl (C=O) groups excluding carboxylic acids is 2. The van der Waals surface area contributed by atoms with E-state index >= 15 is 0 Å². The topological polar surface area (TPSA) is 156 Å². The number of ether oxygens (including phenoxy) is 2. The predicted octanol–water partition coefficient (Wildman–Crippen LogP) is 4.19. The molecular formula is C32H37NO9S. The summed E-state index contributed by atoms with van der Waals surface area (Å²) in [6.45, 7) is 2.32. The van der Waals surface area contributed by atoms with Crippen LogP contribution in [0, 0.1) is 0 Å². The lowest BCUT2D eigenvalue weighted by molar-refractivity contribution is -0.139. The average Bonchev–Trinajstić information content (AvgIpc) is 2.98. The van der Waals surface area contributed by atoms with Gasteiger partial charge in [-0.15, -0.1) is 0 Å². The molecule has 0 aliphatic heterocycles. The standard InChI is InChI=1S/C32H37NO9S/c1-3-23-6-13-28(14-7-23)43(39,40)16-4-5-24-8-15-30(42-21-32(37)38)29(18-24)33-31(36)20-41-27-11-9-25(10-12-27)26(19-34)17-22(2)35/h6-15,18,26,34H,3-5,16-17,19-21H2,1-2H3,(H,33,36)(H,37,38). The molecule has 0 saturated heterocycles.